The lowest BCUT2D eigenvalue weighted by Crippen LogP contribution is -2.31. The summed E-state index contributed by atoms with van der Waals surface area (Å²) in [4.78, 5) is 10.8. The fourth-order valence-corrected chi connectivity index (χ4v) is 2.10. The maximum absolute atomic E-state index is 10.8. The molecule has 1 atom stereocenters. The lowest BCUT2D eigenvalue weighted by atomic mass is 10.1. The topological polar surface area (TPSA) is 94.7 Å². The molecule has 0 aliphatic heterocycles. The molecule has 1 aromatic heterocycles. The predicted octanol–water partition coefficient (Wildman–Crippen LogP) is 2.55. The number of aliphatic hydroxyl groups excluding tert-OH is 1. The van der Waals surface area contributed by atoms with Crippen molar-refractivity contribution in [3.05, 3.63) is 47.7 Å². The summed E-state index contributed by atoms with van der Waals surface area (Å²) < 4.78 is 5.74. The molecule has 0 saturated heterocycles. The summed E-state index contributed by atoms with van der Waals surface area (Å²) in [5.41, 5.74) is 1.10. The number of hydrogen-bond acceptors (Lipinski definition) is 5. The first kappa shape index (κ1) is 23.4. The van der Waals surface area contributed by atoms with E-state index in [9.17, 15) is 4.79 Å². The second-order valence-corrected chi connectivity index (χ2v) is 5.38. The van der Waals surface area contributed by atoms with Crippen LogP contribution in [0.5, 0.6) is 0 Å². The van der Waals surface area contributed by atoms with Gasteiger partial charge < -0.3 is 25.3 Å². The van der Waals surface area contributed by atoms with E-state index >= 15 is 0 Å². The third kappa shape index (κ3) is 7.90. The van der Waals surface area contributed by atoms with Crippen molar-refractivity contribution >= 4 is 30.8 Å². The van der Waals surface area contributed by atoms with E-state index in [0.717, 1.165) is 24.4 Å². The second kappa shape index (κ2) is 11.9. The van der Waals surface area contributed by atoms with Gasteiger partial charge in [-0.3, -0.25) is 0 Å². The Kier molecular flexibility index (Phi) is 11.1. The van der Waals surface area contributed by atoms with Crippen LogP contribution in [0, 0.1) is 0 Å². The molecule has 0 aliphatic carbocycles. The van der Waals surface area contributed by atoms with Crippen LogP contribution in [0.4, 0.5) is 0 Å². The Bertz CT molecular complexity index is 630. The van der Waals surface area contributed by atoms with Gasteiger partial charge in [0.2, 0.25) is 0 Å². The Balaban J connectivity index is 0.00000288. The van der Waals surface area contributed by atoms with Gasteiger partial charge in [0.1, 0.15) is 11.5 Å². The summed E-state index contributed by atoms with van der Waals surface area (Å²) in [6, 6.07) is 10.4. The second-order valence-electron chi connectivity index (χ2n) is 5.38. The molecule has 4 N–H and O–H groups in total. The van der Waals surface area contributed by atoms with Gasteiger partial charge in [0.05, 0.1) is 18.2 Å². The molecular weight excluding hydrogens is 367 g/mol. The number of hydrogen-bond donors (Lipinski definition) is 4. The van der Waals surface area contributed by atoms with Crippen LogP contribution in [0.25, 0.3) is 11.3 Å². The molecule has 0 aliphatic rings. The molecule has 1 aromatic carbocycles. The van der Waals surface area contributed by atoms with Crippen LogP contribution in [-0.4, -0.2) is 41.9 Å². The van der Waals surface area contributed by atoms with Crippen LogP contribution < -0.4 is 10.6 Å². The Morgan fingerprint density at radius 1 is 1.08 bits per heavy atom. The van der Waals surface area contributed by atoms with Crippen molar-refractivity contribution in [2.45, 2.75) is 19.6 Å². The van der Waals surface area contributed by atoms with E-state index in [4.69, 9.17) is 14.6 Å². The molecule has 1 unspecified atom stereocenters. The molecule has 8 heteroatoms. The number of carbonyl (C=O) groups is 1. The van der Waals surface area contributed by atoms with Crippen LogP contribution in [0.1, 0.15) is 23.0 Å². The number of benzene rings is 1. The van der Waals surface area contributed by atoms with Gasteiger partial charge in [0, 0.05) is 25.2 Å². The molecule has 2 aromatic rings. The number of nitrogens with one attached hydrogen (secondary N) is 2. The smallest absolute Gasteiger partial charge is 0.335 e. The van der Waals surface area contributed by atoms with Crippen LogP contribution >= 0.6 is 24.8 Å². The minimum Gasteiger partial charge on any atom is -0.478 e. The zero-order chi connectivity index (χ0) is 16.7. The average molecular weight is 391 g/mol. The van der Waals surface area contributed by atoms with E-state index in [1.54, 1.807) is 31.2 Å². The Morgan fingerprint density at radius 3 is 2.32 bits per heavy atom. The highest BCUT2D eigenvalue weighted by atomic mass is 35.5. The minimum atomic E-state index is -0.940. The Morgan fingerprint density at radius 2 is 1.72 bits per heavy atom. The van der Waals surface area contributed by atoms with Crippen molar-refractivity contribution in [1.82, 2.24) is 10.6 Å². The number of carboxylic acid groups (broad SMARTS) is 1. The summed E-state index contributed by atoms with van der Waals surface area (Å²) in [5.74, 6) is 0.592. The van der Waals surface area contributed by atoms with Gasteiger partial charge in [-0.25, -0.2) is 4.79 Å². The summed E-state index contributed by atoms with van der Waals surface area (Å²) >= 11 is 0. The van der Waals surface area contributed by atoms with Gasteiger partial charge in [-0.1, -0.05) is 12.1 Å². The fraction of sp³-hybridized carbons (Fsp3) is 0.353. The molecule has 140 valence electrons. The minimum absolute atomic E-state index is 0. The fourth-order valence-electron chi connectivity index (χ4n) is 2.10. The molecule has 2 rings (SSSR count). The van der Waals surface area contributed by atoms with Gasteiger partial charge in [0.15, 0.2) is 0 Å². The first-order valence-corrected chi connectivity index (χ1v) is 7.58. The van der Waals surface area contributed by atoms with Gasteiger partial charge >= 0.3 is 5.97 Å². The Hall–Kier alpha value is -1.57. The molecule has 0 radical (unpaired) electrons. The van der Waals surface area contributed by atoms with Crippen molar-refractivity contribution in [2.75, 3.05) is 19.6 Å². The standard InChI is InChI=1S/C17H22N2O4.2ClH/c1-12(20)10-18-8-9-19-11-15-6-7-16(23-15)13-2-4-14(5-3-13)17(21)22;;/h2-7,12,18-20H,8-11H2,1H3,(H,21,22);2*1H. The first-order valence-electron chi connectivity index (χ1n) is 7.58. The highest BCUT2D eigenvalue weighted by Crippen LogP contribution is 2.22. The SMILES string of the molecule is CC(O)CNCCNCc1ccc(-c2ccc(C(=O)O)cc2)o1.Cl.Cl. The summed E-state index contributed by atoms with van der Waals surface area (Å²) in [6.45, 7) is 4.49. The van der Waals surface area contributed by atoms with Gasteiger partial charge in [-0.05, 0) is 31.2 Å². The third-order valence-corrected chi connectivity index (χ3v) is 3.30. The van der Waals surface area contributed by atoms with Gasteiger partial charge in [-0.15, -0.1) is 24.8 Å². The first-order chi connectivity index (χ1) is 11.1. The van der Waals surface area contributed by atoms with E-state index in [-0.39, 0.29) is 36.5 Å². The summed E-state index contributed by atoms with van der Waals surface area (Å²) in [6.07, 6.45) is -0.338. The lowest BCUT2D eigenvalue weighted by molar-refractivity contribution is 0.0697. The molecule has 1 heterocycles. The quantitative estimate of drug-likeness (QED) is 0.491. The van der Waals surface area contributed by atoms with E-state index in [2.05, 4.69) is 10.6 Å². The summed E-state index contributed by atoms with van der Waals surface area (Å²) in [5, 5.41) is 24.4. The Labute approximate surface area is 159 Å². The van der Waals surface area contributed by atoms with Crippen molar-refractivity contribution in [3.63, 3.8) is 0 Å². The molecule has 0 bridgehead atoms. The van der Waals surface area contributed by atoms with Crippen LogP contribution in [0.3, 0.4) is 0 Å². The maximum atomic E-state index is 10.8. The van der Waals surface area contributed by atoms with Gasteiger partial charge in [-0.2, -0.15) is 0 Å². The zero-order valence-corrected chi connectivity index (χ0v) is 15.5. The molecule has 0 amide bonds. The highest BCUT2D eigenvalue weighted by molar-refractivity contribution is 5.88. The molecule has 0 saturated carbocycles. The van der Waals surface area contributed by atoms with Crippen LogP contribution in [0.2, 0.25) is 0 Å². The van der Waals surface area contributed by atoms with Crippen LogP contribution in [0.15, 0.2) is 40.8 Å². The van der Waals surface area contributed by atoms with E-state index in [0.29, 0.717) is 18.8 Å². The largest absolute Gasteiger partial charge is 0.478 e. The van der Waals surface area contributed by atoms with Crippen molar-refractivity contribution in [3.8, 4) is 11.3 Å². The van der Waals surface area contributed by atoms with E-state index in [1.165, 1.54) is 0 Å². The maximum Gasteiger partial charge on any atom is 0.335 e. The monoisotopic (exact) mass is 390 g/mol. The van der Waals surface area contributed by atoms with Crippen molar-refractivity contribution in [2.24, 2.45) is 0 Å². The molecular formula is C17H24Cl2N2O4. The van der Waals surface area contributed by atoms with E-state index < -0.39 is 5.97 Å². The molecule has 0 spiro atoms. The van der Waals surface area contributed by atoms with Crippen molar-refractivity contribution < 1.29 is 19.4 Å². The molecule has 0 fully saturated rings. The number of furan rings is 1. The average Bonchev–Trinajstić information content (AvgIpc) is 2.99. The van der Waals surface area contributed by atoms with Gasteiger partial charge in [0.25, 0.3) is 0 Å². The number of rotatable bonds is 9. The number of carboxylic acids is 1. The third-order valence-electron chi connectivity index (χ3n) is 3.30. The number of aromatic carboxylic acids is 1. The highest BCUT2D eigenvalue weighted by Gasteiger charge is 2.07. The zero-order valence-electron chi connectivity index (χ0n) is 13.9. The molecule has 6 nitrogen and oxygen atoms in total. The lowest BCUT2D eigenvalue weighted by Gasteiger charge is -2.07. The van der Waals surface area contributed by atoms with Crippen LogP contribution in [-0.2, 0) is 6.54 Å². The predicted molar refractivity (Wildman–Crippen MR) is 102 cm³/mol. The number of halogens is 2. The van der Waals surface area contributed by atoms with Crippen molar-refractivity contribution in [1.29, 1.82) is 0 Å². The molecule has 25 heavy (non-hydrogen) atoms. The summed E-state index contributed by atoms with van der Waals surface area (Å²) in [7, 11) is 0. The number of aliphatic hydroxyl groups is 1. The van der Waals surface area contributed by atoms with E-state index in [1.807, 2.05) is 12.1 Å². The normalized spacial score (nSPS) is 11.3.